The van der Waals surface area contributed by atoms with Crippen LogP contribution in [0, 0.1) is 10.1 Å². The minimum atomic E-state index is -2.68. The SMILES string of the molecule is O=[N+]([O-])c1ccc(CCl)cc1OCC(F)F. The summed E-state index contributed by atoms with van der Waals surface area (Å²) in [7, 11) is 0. The second-order valence-electron chi connectivity index (χ2n) is 2.89. The summed E-state index contributed by atoms with van der Waals surface area (Å²) < 4.78 is 28.5. The molecule has 7 heteroatoms. The second-order valence-corrected chi connectivity index (χ2v) is 3.16. The van der Waals surface area contributed by atoms with Crippen LogP contribution in [0.25, 0.3) is 0 Å². The van der Waals surface area contributed by atoms with E-state index >= 15 is 0 Å². The Kier molecular flexibility index (Phi) is 4.42. The summed E-state index contributed by atoms with van der Waals surface area (Å²) in [5.41, 5.74) is 0.214. The Labute approximate surface area is 94.9 Å². The molecule has 0 aliphatic rings. The van der Waals surface area contributed by atoms with E-state index < -0.39 is 18.0 Å². The minimum absolute atomic E-state index is 0.128. The van der Waals surface area contributed by atoms with Gasteiger partial charge in [0.1, 0.15) is 6.61 Å². The van der Waals surface area contributed by atoms with Crippen molar-refractivity contribution in [2.45, 2.75) is 12.3 Å². The van der Waals surface area contributed by atoms with E-state index in [1.54, 1.807) is 0 Å². The molecule has 0 unspecified atom stereocenters. The van der Waals surface area contributed by atoms with E-state index in [0.29, 0.717) is 5.56 Å². The number of rotatable bonds is 5. The van der Waals surface area contributed by atoms with E-state index in [4.69, 9.17) is 11.6 Å². The molecule has 0 saturated carbocycles. The van der Waals surface area contributed by atoms with Gasteiger partial charge in [-0.25, -0.2) is 8.78 Å². The standard InChI is InChI=1S/C9H8ClF2NO3/c10-4-6-1-2-7(13(14)15)8(3-6)16-5-9(11)12/h1-3,9H,4-5H2. The first-order valence-corrected chi connectivity index (χ1v) is 4.82. The summed E-state index contributed by atoms with van der Waals surface area (Å²) in [6, 6.07) is 3.91. The number of halogens is 3. The van der Waals surface area contributed by atoms with Crippen LogP contribution in [0.4, 0.5) is 14.5 Å². The monoisotopic (exact) mass is 251 g/mol. The predicted molar refractivity (Wildman–Crippen MR) is 54.2 cm³/mol. The molecule has 4 nitrogen and oxygen atoms in total. The fraction of sp³-hybridized carbons (Fsp3) is 0.333. The van der Waals surface area contributed by atoms with Crippen molar-refractivity contribution in [1.82, 2.24) is 0 Å². The molecule has 0 fully saturated rings. The van der Waals surface area contributed by atoms with E-state index in [2.05, 4.69) is 4.74 Å². The number of benzene rings is 1. The largest absolute Gasteiger partial charge is 0.481 e. The zero-order valence-corrected chi connectivity index (χ0v) is 8.79. The van der Waals surface area contributed by atoms with Gasteiger partial charge in [0.25, 0.3) is 6.43 Å². The van der Waals surface area contributed by atoms with Gasteiger partial charge in [0.05, 0.1) is 4.92 Å². The quantitative estimate of drug-likeness (QED) is 0.459. The maximum absolute atomic E-state index is 11.9. The topological polar surface area (TPSA) is 52.4 Å². The Morgan fingerprint density at radius 3 is 2.69 bits per heavy atom. The first-order chi connectivity index (χ1) is 7.54. The van der Waals surface area contributed by atoms with Crippen LogP contribution in [-0.2, 0) is 5.88 Å². The van der Waals surface area contributed by atoms with Crippen LogP contribution in [0.5, 0.6) is 5.75 Å². The van der Waals surface area contributed by atoms with Gasteiger partial charge in [0.15, 0.2) is 5.75 Å². The zero-order chi connectivity index (χ0) is 12.1. The number of hydrogen-bond donors (Lipinski definition) is 0. The van der Waals surface area contributed by atoms with Gasteiger partial charge in [-0.1, -0.05) is 6.07 Å². The summed E-state index contributed by atoms with van der Waals surface area (Å²) in [6.07, 6.45) is -2.68. The highest BCUT2D eigenvalue weighted by molar-refractivity contribution is 6.17. The van der Waals surface area contributed by atoms with Crippen molar-refractivity contribution in [3.05, 3.63) is 33.9 Å². The molecule has 1 aromatic rings. The molecule has 0 N–H and O–H groups in total. The lowest BCUT2D eigenvalue weighted by atomic mass is 10.2. The fourth-order valence-electron chi connectivity index (χ4n) is 1.06. The molecule has 0 aliphatic carbocycles. The number of alkyl halides is 3. The summed E-state index contributed by atoms with van der Waals surface area (Å²) in [4.78, 5) is 9.88. The third kappa shape index (κ3) is 3.30. The van der Waals surface area contributed by atoms with Gasteiger partial charge in [-0.15, -0.1) is 11.6 Å². The molecule has 88 valence electrons. The van der Waals surface area contributed by atoms with E-state index in [9.17, 15) is 18.9 Å². The van der Waals surface area contributed by atoms with Crippen molar-refractivity contribution < 1.29 is 18.4 Å². The van der Waals surface area contributed by atoms with Crippen molar-refractivity contribution in [2.75, 3.05) is 6.61 Å². The van der Waals surface area contributed by atoms with Crippen LogP contribution in [0.1, 0.15) is 5.56 Å². The first-order valence-electron chi connectivity index (χ1n) is 4.29. The number of nitro groups is 1. The van der Waals surface area contributed by atoms with Crippen molar-refractivity contribution >= 4 is 17.3 Å². The number of nitrogens with zero attached hydrogens (tertiary/aromatic N) is 1. The molecular formula is C9H8ClF2NO3. The highest BCUT2D eigenvalue weighted by atomic mass is 35.5. The van der Waals surface area contributed by atoms with Crippen molar-refractivity contribution in [1.29, 1.82) is 0 Å². The molecule has 0 aromatic heterocycles. The molecule has 16 heavy (non-hydrogen) atoms. The normalized spacial score (nSPS) is 10.5. The van der Waals surface area contributed by atoms with Crippen LogP contribution in [0.3, 0.4) is 0 Å². The molecule has 1 aromatic carbocycles. The Balaban J connectivity index is 2.96. The molecule has 0 spiro atoms. The lowest BCUT2D eigenvalue weighted by molar-refractivity contribution is -0.386. The van der Waals surface area contributed by atoms with Gasteiger partial charge in [0.2, 0.25) is 0 Å². The molecule has 0 radical (unpaired) electrons. The summed E-state index contributed by atoms with van der Waals surface area (Å²) in [5, 5.41) is 10.6. The van der Waals surface area contributed by atoms with Gasteiger partial charge in [-0.2, -0.15) is 0 Å². The lowest BCUT2D eigenvalue weighted by Gasteiger charge is -2.07. The summed E-state index contributed by atoms with van der Waals surface area (Å²) >= 11 is 5.52. The van der Waals surface area contributed by atoms with Crippen molar-refractivity contribution in [3.63, 3.8) is 0 Å². The molecule has 0 saturated heterocycles. The highest BCUT2D eigenvalue weighted by Gasteiger charge is 2.16. The van der Waals surface area contributed by atoms with Gasteiger partial charge < -0.3 is 4.74 Å². The van der Waals surface area contributed by atoms with Crippen LogP contribution in [0.2, 0.25) is 0 Å². The fourth-order valence-corrected chi connectivity index (χ4v) is 1.23. The Morgan fingerprint density at radius 2 is 2.19 bits per heavy atom. The molecule has 0 amide bonds. The van der Waals surface area contributed by atoms with Gasteiger partial charge >= 0.3 is 5.69 Å². The van der Waals surface area contributed by atoms with Crippen LogP contribution in [-0.4, -0.2) is 18.0 Å². The third-order valence-electron chi connectivity index (χ3n) is 1.74. The Bertz CT molecular complexity index is 387. The van der Waals surface area contributed by atoms with Gasteiger partial charge in [0, 0.05) is 11.9 Å². The van der Waals surface area contributed by atoms with E-state index in [0.717, 1.165) is 0 Å². The zero-order valence-electron chi connectivity index (χ0n) is 8.03. The number of ether oxygens (including phenoxy) is 1. The molecule has 0 heterocycles. The predicted octanol–water partition coefficient (Wildman–Crippen LogP) is 2.98. The van der Waals surface area contributed by atoms with Crippen LogP contribution >= 0.6 is 11.6 Å². The maximum Gasteiger partial charge on any atom is 0.310 e. The molecular weight excluding hydrogens is 244 g/mol. The summed E-state index contributed by atoms with van der Waals surface area (Å²) in [5.74, 6) is -0.0632. The van der Waals surface area contributed by atoms with Crippen molar-refractivity contribution in [3.8, 4) is 5.75 Å². The van der Waals surface area contributed by atoms with Crippen LogP contribution < -0.4 is 4.74 Å². The molecule has 0 atom stereocenters. The maximum atomic E-state index is 11.9. The van der Waals surface area contributed by atoms with Gasteiger partial charge in [-0.3, -0.25) is 10.1 Å². The average Bonchev–Trinajstić information content (AvgIpc) is 2.25. The minimum Gasteiger partial charge on any atom is -0.481 e. The van der Waals surface area contributed by atoms with E-state index in [1.165, 1.54) is 18.2 Å². The summed E-state index contributed by atoms with van der Waals surface area (Å²) in [6.45, 7) is -0.882. The highest BCUT2D eigenvalue weighted by Crippen LogP contribution is 2.28. The second kappa shape index (κ2) is 5.60. The lowest BCUT2D eigenvalue weighted by Crippen LogP contribution is -2.08. The van der Waals surface area contributed by atoms with E-state index in [1.807, 2.05) is 0 Å². The third-order valence-corrected chi connectivity index (χ3v) is 2.05. The van der Waals surface area contributed by atoms with E-state index in [-0.39, 0.29) is 17.3 Å². The van der Waals surface area contributed by atoms with Crippen LogP contribution in [0.15, 0.2) is 18.2 Å². The Hall–Kier alpha value is -1.43. The molecule has 0 aliphatic heterocycles. The Morgan fingerprint density at radius 1 is 1.50 bits per heavy atom. The molecule has 0 bridgehead atoms. The molecule has 1 rings (SSSR count). The first kappa shape index (κ1) is 12.6. The smallest absolute Gasteiger partial charge is 0.310 e. The van der Waals surface area contributed by atoms with Gasteiger partial charge in [-0.05, 0) is 11.6 Å². The van der Waals surface area contributed by atoms with Crippen molar-refractivity contribution in [2.24, 2.45) is 0 Å². The average molecular weight is 252 g/mol. The number of hydrogen-bond acceptors (Lipinski definition) is 3. The number of nitro benzene ring substituents is 1.